The first-order valence-electron chi connectivity index (χ1n) is 4.66. The number of aromatic hydroxyl groups is 1. The molecule has 1 aromatic heterocycles. The molecular weight excluding hydrogens is 290 g/mol. The Bertz CT molecular complexity index is 568. The summed E-state index contributed by atoms with van der Waals surface area (Å²) in [6, 6.07) is 4.49. The number of carbonyl (C=O) groups is 1. The summed E-state index contributed by atoms with van der Waals surface area (Å²) in [7, 11) is 0. The Balaban J connectivity index is 2.17. The fourth-order valence-electron chi connectivity index (χ4n) is 1.17. The van der Waals surface area contributed by atoms with Crippen molar-refractivity contribution in [2.75, 3.05) is 5.32 Å². The van der Waals surface area contributed by atoms with Crippen molar-refractivity contribution < 1.29 is 14.4 Å². The van der Waals surface area contributed by atoms with Crippen LogP contribution in [-0.4, -0.2) is 21.2 Å². The molecule has 17 heavy (non-hydrogen) atoms. The summed E-state index contributed by atoms with van der Waals surface area (Å²) >= 11 is 3.13. The van der Waals surface area contributed by atoms with Gasteiger partial charge in [0.1, 0.15) is 5.75 Å². The van der Waals surface area contributed by atoms with Gasteiger partial charge < -0.3 is 9.63 Å². The predicted octanol–water partition coefficient (Wildman–Crippen LogP) is 2.10. The van der Waals surface area contributed by atoms with Gasteiger partial charge in [-0.15, -0.1) is 0 Å². The number of phenolic OH excluding ortho intramolecular Hbond substituents is 1. The van der Waals surface area contributed by atoms with Crippen molar-refractivity contribution in [3.8, 4) is 5.75 Å². The maximum absolute atomic E-state index is 11.7. The van der Waals surface area contributed by atoms with Crippen LogP contribution in [0.2, 0.25) is 0 Å². The van der Waals surface area contributed by atoms with Crippen LogP contribution in [0.15, 0.2) is 27.2 Å². The molecule has 88 valence electrons. The molecular formula is C10H8BrN3O3. The molecule has 2 N–H and O–H groups in total. The average Bonchev–Trinajstić information content (AvgIpc) is 2.68. The van der Waals surface area contributed by atoms with Gasteiger partial charge in [0.25, 0.3) is 5.91 Å². The summed E-state index contributed by atoms with van der Waals surface area (Å²) in [5, 5.41) is 15.4. The van der Waals surface area contributed by atoms with Crippen LogP contribution in [-0.2, 0) is 0 Å². The summed E-state index contributed by atoms with van der Waals surface area (Å²) in [5.41, 5.74) is 0.293. The van der Waals surface area contributed by atoms with Gasteiger partial charge in [0.05, 0.1) is 4.47 Å². The molecule has 7 heteroatoms. The lowest BCUT2D eigenvalue weighted by atomic mass is 10.2. The van der Waals surface area contributed by atoms with Crippen LogP contribution in [0.5, 0.6) is 5.75 Å². The summed E-state index contributed by atoms with van der Waals surface area (Å²) in [5.74, 6) is -0.0187. The van der Waals surface area contributed by atoms with Gasteiger partial charge in [-0.25, -0.2) is 0 Å². The van der Waals surface area contributed by atoms with Crippen LogP contribution in [0, 0.1) is 6.92 Å². The molecule has 2 rings (SSSR count). The number of hydrogen-bond acceptors (Lipinski definition) is 5. The third-order valence-electron chi connectivity index (χ3n) is 1.96. The quantitative estimate of drug-likeness (QED) is 0.886. The van der Waals surface area contributed by atoms with Crippen molar-refractivity contribution in [1.82, 2.24) is 10.1 Å². The van der Waals surface area contributed by atoms with Gasteiger partial charge in [-0.2, -0.15) is 4.98 Å². The highest BCUT2D eigenvalue weighted by Gasteiger charge is 2.11. The number of nitrogens with zero attached hydrogens (tertiary/aromatic N) is 2. The maximum Gasteiger partial charge on any atom is 0.328 e. The smallest absolute Gasteiger partial charge is 0.328 e. The number of amides is 1. The minimum absolute atomic E-state index is 0.0145. The summed E-state index contributed by atoms with van der Waals surface area (Å²) in [6.45, 7) is 1.64. The fraction of sp³-hybridized carbons (Fsp3) is 0.100. The second kappa shape index (κ2) is 4.54. The molecule has 0 aliphatic rings. The largest absolute Gasteiger partial charge is 0.507 e. The lowest BCUT2D eigenvalue weighted by Gasteiger charge is -2.02. The molecule has 6 nitrogen and oxygen atoms in total. The van der Waals surface area contributed by atoms with E-state index >= 15 is 0 Å². The summed E-state index contributed by atoms with van der Waals surface area (Å²) in [6.07, 6.45) is 0. The van der Waals surface area contributed by atoms with E-state index in [1.807, 2.05) is 0 Å². The molecule has 2 aromatic rings. The summed E-state index contributed by atoms with van der Waals surface area (Å²) < 4.78 is 5.26. The lowest BCUT2D eigenvalue weighted by molar-refractivity contribution is 0.102. The Morgan fingerprint density at radius 2 is 2.29 bits per heavy atom. The first-order chi connectivity index (χ1) is 8.06. The van der Waals surface area contributed by atoms with Crippen LogP contribution in [0.3, 0.4) is 0 Å². The zero-order valence-corrected chi connectivity index (χ0v) is 10.4. The van der Waals surface area contributed by atoms with Crippen molar-refractivity contribution in [1.29, 1.82) is 0 Å². The number of benzene rings is 1. The number of carbonyl (C=O) groups excluding carboxylic acids is 1. The van der Waals surface area contributed by atoms with Gasteiger partial charge >= 0.3 is 6.01 Å². The van der Waals surface area contributed by atoms with Gasteiger partial charge in [-0.1, -0.05) is 5.16 Å². The number of halogens is 1. The number of rotatable bonds is 2. The highest BCUT2D eigenvalue weighted by molar-refractivity contribution is 9.10. The van der Waals surface area contributed by atoms with Crippen molar-refractivity contribution in [3.05, 3.63) is 34.1 Å². The summed E-state index contributed by atoms with van der Waals surface area (Å²) in [4.78, 5) is 15.6. The first kappa shape index (κ1) is 11.6. The molecule has 0 aliphatic carbocycles. The van der Waals surface area contributed by atoms with E-state index in [2.05, 4.69) is 31.4 Å². The number of hydrogen-bond donors (Lipinski definition) is 2. The van der Waals surface area contributed by atoms with E-state index in [-0.39, 0.29) is 11.8 Å². The van der Waals surface area contributed by atoms with Gasteiger partial charge in [-0.3, -0.25) is 10.1 Å². The predicted molar refractivity (Wildman–Crippen MR) is 62.8 cm³/mol. The Labute approximate surface area is 105 Å². The van der Waals surface area contributed by atoms with Gasteiger partial charge in [0, 0.05) is 5.56 Å². The van der Waals surface area contributed by atoms with Crippen molar-refractivity contribution >= 4 is 27.9 Å². The highest BCUT2D eigenvalue weighted by atomic mass is 79.9. The molecule has 0 spiro atoms. The third kappa shape index (κ3) is 2.62. The standard InChI is InChI=1S/C10H8BrN3O3/c1-5-12-10(17-14-5)13-9(16)6-2-3-7(11)8(15)4-6/h2-4,15H,1H3,(H,12,13,14,16). The van der Waals surface area contributed by atoms with Crippen LogP contribution in [0.25, 0.3) is 0 Å². The van der Waals surface area contributed by atoms with E-state index in [1.165, 1.54) is 6.07 Å². The molecule has 0 atom stereocenters. The van der Waals surface area contributed by atoms with Crippen molar-refractivity contribution in [2.45, 2.75) is 6.92 Å². The molecule has 1 aromatic carbocycles. The molecule has 1 heterocycles. The van der Waals surface area contributed by atoms with Gasteiger partial charge in [-0.05, 0) is 41.1 Å². The lowest BCUT2D eigenvalue weighted by Crippen LogP contribution is -2.11. The number of aryl methyl sites for hydroxylation is 1. The van der Waals surface area contributed by atoms with Crippen molar-refractivity contribution in [2.24, 2.45) is 0 Å². The minimum Gasteiger partial charge on any atom is -0.507 e. The molecule has 0 aliphatic heterocycles. The van der Waals surface area contributed by atoms with E-state index in [0.717, 1.165) is 0 Å². The Kier molecular flexibility index (Phi) is 3.10. The molecule has 0 radical (unpaired) electrons. The zero-order chi connectivity index (χ0) is 12.4. The maximum atomic E-state index is 11.7. The van der Waals surface area contributed by atoms with E-state index in [0.29, 0.717) is 15.9 Å². The zero-order valence-electron chi connectivity index (χ0n) is 8.77. The first-order valence-corrected chi connectivity index (χ1v) is 5.46. The Morgan fingerprint density at radius 1 is 1.53 bits per heavy atom. The molecule has 0 saturated carbocycles. The van der Waals surface area contributed by atoms with Gasteiger partial charge in [0.15, 0.2) is 5.82 Å². The Hall–Kier alpha value is -1.89. The second-order valence-electron chi connectivity index (χ2n) is 3.27. The van der Waals surface area contributed by atoms with E-state index < -0.39 is 5.91 Å². The molecule has 0 bridgehead atoms. The van der Waals surface area contributed by atoms with Crippen LogP contribution < -0.4 is 5.32 Å². The number of nitrogens with one attached hydrogen (secondary N) is 1. The monoisotopic (exact) mass is 297 g/mol. The normalized spacial score (nSPS) is 10.2. The number of phenols is 1. The van der Waals surface area contributed by atoms with Crippen LogP contribution in [0.1, 0.15) is 16.2 Å². The second-order valence-corrected chi connectivity index (χ2v) is 4.12. The minimum atomic E-state index is -0.434. The Morgan fingerprint density at radius 3 is 2.88 bits per heavy atom. The molecule has 0 unspecified atom stereocenters. The molecule has 1 amide bonds. The average molecular weight is 298 g/mol. The number of aromatic nitrogens is 2. The SMILES string of the molecule is Cc1noc(NC(=O)c2ccc(Br)c(O)c2)n1. The van der Waals surface area contributed by atoms with Crippen LogP contribution >= 0.6 is 15.9 Å². The van der Waals surface area contributed by atoms with E-state index in [4.69, 9.17) is 4.52 Å². The highest BCUT2D eigenvalue weighted by Crippen LogP contribution is 2.24. The van der Waals surface area contributed by atoms with Crippen LogP contribution in [0.4, 0.5) is 6.01 Å². The van der Waals surface area contributed by atoms with E-state index in [9.17, 15) is 9.90 Å². The van der Waals surface area contributed by atoms with Gasteiger partial charge in [0.2, 0.25) is 0 Å². The number of anilines is 1. The third-order valence-corrected chi connectivity index (χ3v) is 2.63. The molecule has 0 saturated heterocycles. The van der Waals surface area contributed by atoms with Crippen molar-refractivity contribution in [3.63, 3.8) is 0 Å². The molecule has 0 fully saturated rings. The fourth-order valence-corrected chi connectivity index (χ4v) is 1.42. The topological polar surface area (TPSA) is 88.2 Å². The van der Waals surface area contributed by atoms with E-state index in [1.54, 1.807) is 19.1 Å².